The molecule has 0 unspecified atom stereocenters. The monoisotopic (exact) mass is 380 g/mol. The van der Waals surface area contributed by atoms with Crippen molar-refractivity contribution >= 4 is 23.3 Å². The molecule has 4 rings (SSSR count). The number of aromatic nitrogens is 1. The van der Waals surface area contributed by atoms with E-state index in [1.54, 1.807) is 30.5 Å². The lowest BCUT2D eigenvalue weighted by Crippen LogP contribution is -2.52. The average molecular weight is 380 g/mol. The number of nitrogens with zero attached hydrogens (tertiary/aromatic N) is 4. The number of piperazine rings is 1. The minimum absolute atomic E-state index is 0.138. The molecule has 0 bridgehead atoms. The van der Waals surface area contributed by atoms with Gasteiger partial charge in [-0.25, -0.2) is 9.88 Å². The van der Waals surface area contributed by atoms with Gasteiger partial charge in [0, 0.05) is 32.4 Å². The molecule has 146 valence electrons. The summed E-state index contributed by atoms with van der Waals surface area (Å²) in [6.07, 6.45) is 2.02. The number of imide groups is 1. The summed E-state index contributed by atoms with van der Waals surface area (Å²) in [5.74, 6) is 1.39. The third-order valence-electron chi connectivity index (χ3n) is 5.26. The zero-order chi connectivity index (χ0) is 19.5. The van der Waals surface area contributed by atoms with Crippen LogP contribution < -0.4 is 14.5 Å². The van der Waals surface area contributed by atoms with Crippen LogP contribution in [0.25, 0.3) is 0 Å². The molecule has 7 heteroatoms. The van der Waals surface area contributed by atoms with E-state index in [0.29, 0.717) is 12.3 Å². The van der Waals surface area contributed by atoms with Crippen LogP contribution in [0.3, 0.4) is 0 Å². The van der Waals surface area contributed by atoms with Crippen molar-refractivity contribution in [1.29, 1.82) is 0 Å². The van der Waals surface area contributed by atoms with Crippen molar-refractivity contribution in [2.45, 2.75) is 19.4 Å². The van der Waals surface area contributed by atoms with Gasteiger partial charge in [-0.15, -0.1) is 0 Å². The number of benzene rings is 1. The van der Waals surface area contributed by atoms with E-state index in [1.807, 2.05) is 25.1 Å². The number of carbonyl (C=O) groups excluding carboxylic acids is 2. The molecule has 2 fully saturated rings. The van der Waals surface area contributed by atoms with Crippen LogP contribution in [0, 0.1) is 0 Å². The summed E-state index contributed by atoms with van der Waals surface area (Å²) in [5.41, 5.74) is 0.605. The van der Waals surface area contributed by atoms with Crippen molar-refractivity contribution < 1.29 is 14.3 Å². The second-order valence-electron chi connectivity index (χ2n) is 6.93. The number of ether oxygens (including phenoxy) is 1. The lowest BCUT2D eigenvalue weighted by atomic mass is 10.1. The molecule has 2 aliphatic heterocycles. The number of hydrogen-bond acceptors (Lipinski definition) is 6. The topological polar surface area (TPSA) is 66.0 Å². The minimum atomic E-state index is -0.384. The molecule has 1 atom stereocenters. The van der Waals surface area contributed by atoms with Crippen molar-refractivity contribution in [2.24, 2.45) is 0 Å². The standard InChI is InChI=1S/C21H24N4O3/c1-2-28-17-8-6-16(7-9-17)25-20(26)15-18(21(25)27)23-11-13-24(14-12-23)19-5-3-4-10-22-19/h3-10,18H,2,11-15H2,1H3/t18-/m0/s1. The number of anilines is 2. The first-order valence-electron chi connectivity index (χ1n) is 9.67. The summed E-state index contributed by atoms with van der Waals surface area (Å²) < 4.78 is 5.43. The molecule has 3 heterocycles. The summed E-state index contributed by atoms with van der Waals surface area (Å²) in [6, 6.07) is 12.6. The summed E-state index contributed by atoms with van der Waals surface area (Å²) in [7, 11) is 0. The molecule has 0 radical (unpaired) electrons. The van der Waals surface area contributed by atoms with E-state index < -0.39 is 0 Å². The highest BCUT2D eigenvalue weighted by molar-refractivity contribution is 6.22. The molecule has 7 nitrogen and oxygen atoms in total. The predicted molar refractivity (Wildman–Crippen MR) is 107 cm³/mol. The summed E-state index contributed by atoms with van der Waals surface area (Å²) in [6.45, 7) is 5.54. The summed E-state index contributed by atoms with van der Waals surface area (Å²) >= 11 is 0. The van der Waals surface area contributed by atoms with Gasteiger partial charge < -0.3 is 9.64 Å². The van der Waals surface area contributed by atoms with E-state index in [9.17, 15) is 9.59 Å². The number of carbonyl (C=O) groups is 2. The quantitative estimate of drug-likeness (QED) is 0.739. The molecule has 2 aliphatic rings. The Balaban J connectivity index is 1.41. The normalized spacial score (nSPS) is 20.7. The first kappa shape index (κ1) is 18.4. The van der Waals surface area contributed by atoms with Crippen LogP contribution in [-0.4, -0.2) is 60.5 Å². The molecular formula is C21H24N4O3. The highest BCUT2D eigenvalue weighted by Gasteiger charge is 2.43. The molecule has 2 aromatic rings. The van der Waals surface area contributed by atoms with Crippen LogP contribution in [0.1, 0.15) is 13.3 Å². The van der Waals surface area contributed by atoms with Gasteiger partial charge in [0.25, 0.3) is 5.91 Å². The Labute approximate surface area is 164 Å². The molecule has 0 saturated carbocycles. The first-order chi connectivity index (χ1) is 13.7. The highest BCUT2D eigenvalue weighted by atomic mass is 16.5. The Kier molecular flexibility index (Phi) is 5.25. The predicted octanol–water partition coefficient (Wildman–Crippen LogP) is 1.93. The zero-order valence-corrected chi connectivity index (χ0v) is 16.0. The number of amides is 2. The van der Waals surface area contributed by atoms with Gasteiger partial charge in [-0.2, -0.15) is 0 Å². The van der Waals surface area contributed by atoms with Crippen LogP contribution in [0.15, 0.2) is 48.7 Å². The van der Waals surface area contributed by atoms with E-state index in [1.165, 1.54) is 4.90 Å². The number of pyridine rings is 1. The van der Waals surface area contributed by atoms with E-state index in [-0.39, 0.29) is 24.3 Å². The Morgan fingerprint density at radius 3 is 2.43 bits per heavy atom. The second-order valence-corrected chi connectivity index (χ2v) is 6.93. The summed E-state index contributed by atoms with van der Waals surface area (Å²) in [5, 5.41) is 0. The Morgan fingerprint density at radius 1 is 1.04 bits per heavy atom. The fourth-order valence-electron chi connectivity index (χ4n) is 3.83. The minimum Gasteiger partial charge on any atom is -0.494 e. The van der Waals surface area contributed by atoms with Gasteiger partial charge in [-0.1, -0.05) is 6.07 Å². The average Bonchev–Trinajstić information content (AvgIpc) is 3.04. The smallest absolute Gasteiger partial charge is 0.251 e. The first-order valence-corrected chi connectivity index (χ1v) is 9.67. The molecule has 0 spiro atoms. The highest BCUT2D eigenvalue weighted by Crippen LogP contribution is 2.28. The van der Waals surface area contributed by atoms with Crippen LogP contribution in [-0.2, 0) is 9.59 Å². The van der Waals surface area contributed by atoms with Crippen LogP contribution in [0.2, 0.25) is 0 Å². The van der Waals surface area contributed by atoms with Crippen LogP contribution in [0.4, 0.5) is 11.5 Å². The third kappa shape index (κ3) is 3.57. The van der Waals surface area contributed by atoms with Crippen LogP contribution >= 0.6 is 0 Å². The van der Waals surface area contributed by atoms with Gasteiger partial charge in [0.15, 0.2) is 0 Å². The van der Waals surface area contributed by atoms with Gasteiger partial charge in [-0.05, 0) is 43.3 Å². The molecular weight excluding hydrogens is 356 g/mol. The molecule has 2 saturated heterocycles. The van der Waals surface area contributed by atoms with Crippen molar-refractivity contribution in [1.82, 2.24) is 9.88 Å². The third-order valence-corrected chi connectivity index (χ3v) is 5.26. The lowest BCUT2D eigenvalue weighted by molar-refractivity contribution is -0.123. The molecule has 0 aliphatic carbocycles. The fourth-order valence-corrected chi connectivity index (χ4v) is 3.83. The maximum Gasteiger partial charge on any atom is 0.251 e. The van der Waals surface area contributed by atoms with E-state index >= 15 is 0 Å². The van der Waals surface area contributed by atoms with Gasteiger partial charge >= 0.3 is 0 Å². The van der Waals surface area contributed by atoms with Gasteiger partial charge in [-0.3, -0.25) is 14.5 Å². The molecule has 1 aromatic carbocycles. The Hall–Kier alpha value is -2.93. The van der Waals surface area contributed by atoms with Gasteiger partial charge in [0.05, 0.1) is 24.8 Å². The molecule has 0 N–H and O–H groups in total. The maximum absolute atomic E-state index is 13.0. The molecule has 1 aromatic heterocycles. The number of hydrogen-bond donors (Lipinski definition) is 0. The lowest BCUT2D eigenvalue weighted by Gasteiger charge is -2.37. The van der Waals surface area contributed by atoms with Crippen molar-refractivity contribution in [3.63, 3.8) is 0 Å². The van der Waals surface area contributed by atoms with E-state index in [0.717, 1.165) is 37.7 Å². The van der Waals surface area contributed by atoms with Crippen molar-refractivity contribution in [3.05, 3.63) is 48.7 Å². The summed E-state index contributed by atoms with van der Waals surface area (Å²) in [4.78, 5) is 35.6. The van der Waals surface area contributed by atoms with Gasteiger partial charge in [0.1, 0.15) is 11.6 Å². The van der Waals surface area contributed by atoms with Crippen molar-refractivity contribution in [3.8, 4) is 5.75 Å². The fraction of sp³-hybridized carbons (Fsp3) is 0.381. The molecule has 2 amide bonds. The van der Waals surface area contributed by atoms with Crippen molar-refractivity contribution in [2.75, 3.05) is 42.6 Å². The SMILES string of the molecule is CCOc1ccc(N2C(=O)C[C@H](N3CCN(c4ccccn4)CC3)C2=O)cc1. The number of rotatable bonds is 5. The Bertz CT molecular complexity index is 832. The second kappa shape index (κ2) is 7.98. The largest absolute Gasteiger partial charge is 0.494 e. The van der Waals surface area contributed by atoms with E-state index in [2.05, 4.69) is 14.8 Å². The van der Waals surface area contributed by atoms with Gasteiger partial charge in [0.2, 0.25) is 5.91 Å². The van der Waals surface area contributed by atoms with E-state index in [4.69, 9.17) is 4.74 Å². The zero-order valence-electron chi connectivity index (χ0n) is 16.0. The Morgan fingerprint density at radius 2 is 1.79 bits per heavy atom. The maximum atomic E-state index is 13.0. The van der Waals surface area contributed by atoms with Crippen LogP contribution in [0.5, 0.6) is 5.75 Å². The molecule has 28 heavy (non-hydrogen) atoms.